The molecule has 0 bridgehead atoms. The molecule has 6 heteroatoms. The zero-order chi connectivity index (χ0) is 21.7. The Morgan fingerprint density at radius 2 is 1.80 bits per heavy atom. The molecule has 0 radical (unpaired) electrons. The third-order valence-electron chi connectivity index (χ3n) is 5.28. The molecular formula is C24H30N2O4. The number of nitrogens with one attached hydrogen (secondary N) is 1. The highest BCUT2D eigenvalue weighted by Gasteiger charge is 2.34. The van der Waals surface area contributed by atoms with E-state index in [-0.39, 0.29) is 23.8 Å². The fraction of sp³-hybridized carbons (Fsp3) is 0.417. The molecule has 0 aromatic heterocycles. The number of rotatable bonds is 6. The standard InChI is InChI=1S/C24H30N2O4/c1-24(2,3)19-8-5-6-10-21(19)30-16-22(27)26-15-7-9-20(26)23(28)25-17-11-13-18(29-4)14-12-17/h5-6,8,10-14,20H,7,9,15-16H2,1-4H3,(H,25,28). The Labute approximate surface area is 178 Å². The molecule has 2 aromatic rings. The Balaban J connectivity index is 1.62. The number of hydrogen-bond acceptors (Lipinski definition) is 4. The van der Waals surface area contributed by atoms with Crippen molar-refractivity contribution in [3.05, 3.63) is 54.1 Å². The molecule has 160 valence electrons. The van der Waals surface area contributed by atoms with Gasteiger partial charge in [0.2, 0.25) is 5.91 Å². The van der Waals surface area contributed by atoms with E-state index in [2.05, 4.69) is 26.1 Å². The third-order valence-corrected chi connectivity index (χ3v) is 5.28. The molecule has 0 saturated carbocycles. The number of carbonyl (C=O) groups excluding carboxylic acids is 2. The van der Waals surface area contributed by atoms with Crippen molar-refractivity contribution in [2.75, 3.05) is 25.6 Å². The van der Waals surface area contributed by atoms with Crippen LogP contribution in [0, 0.1) is 0 Å². The topological polar surface area (TPSA) is 67.9 Å². The summed E-state index contributed by atoms with van der Waals surface area (Å²) < 4.78 is 11.0. The van der Waals surface area contributed by atoms with E-state index in [0.29, 0.717) is 24.4 Å². The van der Waals surface area contributed by atoms with Crippen molar-refractivity contribution >= 4 is 17.5 Å². The summed E-state index contributed by atoms with van der Waals surface area (Å²) in [6, 6.07) is 14.4. The van der Waals surface area contributed by atoms with Gasteiger partial charge in [-0.25, -0.2) is 0 Å². The molecule has 2 aromatic carbocycles. The van der Waals surface area contributed by atoms with Crippen LogP contribution in [0.2, 0.25) is 0 Å². The summed E-state index contributed by atoms with van der Waals surface area (Å²) in [6.07, 6.45) is 1.44. The van der Waals surface area contributed by atoms with Crippen molar-refractivity contribution in [3.8, 4) is 11.5 Å². The second kappa shape index (κ2) is 9.20. The van der Waals surface area contributed by atoms with E-state index >= 15 is 0 Å². The van der Waals surface area contributed by atoms with Gasteiger partial charge in [-0.1, -0.05) is 39.0 Å². The van der Waals surface area contributed by atoms with E-state index in [4.69, 9.17) is 9.47 Å². The van der Waals surface area contributed by atoms with Gasteiger partial charge in [-0.3, -0.25) is 9.59 Å². The SMILES string of the molecule is COc1ccc(NC(=O)C2CCCN2C(=O)COc2ccccc2C(C)(C)C)cc1. The molecule has 6 nitrogen and oxygen atoms in total. The Morgan fingerprint density at radius 3 is 2.47 bits per heavy atom. The van der Waals surface area contributed by atoms with Crippen LogP contribution in [0.25, 0.3) is 0 Å². The molecule has 1 atom stereocenters. The minimum absolute atomic E-state index is 0.0839. The van der Waals surface area contributed by atoms with Gasteiger partial charge in [-0.15, -0.1) is 0 Å². The van der Waals surface area contributed by atoms with Crippen molar-refractivity contribution in [1.82, 2.24) is 4.90 Å². The maximum atomic E-state index is 12.8. The molecule has 2 amide bonds. The summed E-state index contributed by atoms with van der Waals surface area (Å²) in [5.41, 5.74) is 1.64. The van der Waals surface area contributed by atoms with Crippen LogP contribution in [0.3, 0.4) is 0 Å². The van der Waals surface area contributed by atoms with Crippen molar-refractivity contribution in [2.24, 2.45) is 0 Å². The lowest BCUT2D eigenvalue weighted by Gasteiger charge is -2.26. The summed E-state index contributed by atoms with van der Waals surface area (Å²) >= 11 is 0. The highest BCUT2D eigenvalue weighted by molar-refractivity contribution is 5.97. The molecule has 0 aliphatic carbocycles. The molecule has 30 heavy (non-hydrogen) atoms. The Morgan fingerprint density at radius 1 is 1.10 bits per heavy atom. The number of ether oxygens (including phenoxy) is 2. The quantitative estimate of drug-likeness (QED) is 0.782. The number of amides is 2. The van der Waals surface area contributed by atoms with E-state index < -0.39 is 6.04 Å². The molecule has 0 spiro atoms. The van der Waals surface area contributed by atoms with Crippen molar-refractivity contribution in [1.29, 1.82) is 0 Å². The average molecular weight is 411 g/mol. The van der Waals surface area contributed by atoms with Gasteiger partial charge in [-0.2, -0.15) is 0 Å². The summed E-state index contributed by atoms with van der Waals surface area (Å²) in [4.78, 5) is 27.2. The van der Waals surface area contributed by atoms with E-state index in [1.54, 1.807) is 36.3 Å². The first-order chi connectivity index (χ1) is 14.3. The van der Waals surface area contributed by atoms with Gasteiger partial charge >= 0.3 is 0 Å². The minimum Gasteiger partial charge on any atom is -0.497 e. The molecule has 1 fully saturated rings. The van der Waals surface area contributed by atoms with Crippen LogP contribution in [0.5, 0.6) is 11.5 Å². The fourth-order valence-corrected chi connectivity index (χ4v) is 3.67. The summed E-state index contributed by atoms with van der Waals surface area (Å²) in [6.45, 7) is 6.80. The molecule has 1 saturated heterocycles. The first kappa shape index (κ1) is 21.7. The Hall–Kier alpha value is -3.02. The monoisotopic (exact) mass is 410 g/mol. The zero-order valence-electron chi connectivity index (χ0n) is 18.1. The predicted octanol–water partition coefficient (Wildman–Crippen LogP) is 4.00. The lowest BCUT2D eigenvalue weighted by atomic mass is 9.86. The van der Waals surface area contributed by atoms with E-state index in [0.717, 1.165) is 17.7 Å². The largest absolute Gasteiger partial charge is 0.497 e. The van der Waals surface area contributed by atoms with E-state index in [1.165, 1.54) is 0 Å². The van der Waals surface area contributed by atoms with Gasteiger partial charge in [-0.05, 0) is 54.2 Å². The molecule has 1 unspecified atom stereocenters. The van der Waals surface area contributed by atoms with Gasteiger partial charge in [0.15, 0.2) is 6.61 Å². The zero-order valence-corrected chi connectivity index (χ0v) is 18.1. The number of likely N-dealkylation sites (tertiary alicyclic amines) is 1. The van der Waals surface area contributed by atoms with Crippen LogP contribution in [0.1, 0.15) is 39.2 Å². The van der Waals surface area contributed by atoms with Crippen LogP contribution in [0.4, 0.5) is 5.69 Å². The number of carbonyl (C=O) groups is 2. The lowest BCUT2D eigenvalue weighted by molar-refractivity contribution is -0.138. The smallest absolute Gasteiger partial charge is 0.261 e. The molecule has 1 aliphatic rings. The number of para-hydroxylation sites is 1. The summed E-state index contributed by atoms with van der Waals surface area (Å²) in [7, 11) is 1.59. The first-order valence-corrected chi connectivity index (χ1v) is 10.3. The molecule has 1 heterocycles. The van der Waals surface area contributed by atoms with E-state index in [9.17, 15) is 9.59 Å². The maximum absolute atomic E-state index is 12.8. The van der Waals surface area contributed by atoms with Gasteiger partial charge < -0.3 is 19.7 Å². The van der Waals surface area contributed by atoms with Crippen LogP contribution in [0.15, 0.2) is 48.5 Å². The van der Waals surface area contributed by atoms with Crippen molar-refractivity contribution < 1.29 is 19.1 Å². The second-order valence-corrected chi connectivity index (χ2v) is 8.50. The number of methoxy groups -OCH3 is 1. The molecular weight excluding hydrogens is 380 g/mol. The minimum atomic E-state index is -0.485. The number of benzene rings is 2. The first-order valence-electron chi connectivity index (χ1n) is 10.3. The predicted molar refractivity (Wildman–Crippen MR) is 117 cm³/mol. The number of nitrogens with zero attached hydrogens (tertiary/aromatic N) is 1. The third kappa shape index (κ3) is 5.12. The molecule has 1 aliphatic heterocycles. The molecule has 3 rings (SSSR count). The van der Waals surface area contributed by atoms with Gasteiger partial charge in [0.25, 0.3) is 5.91 Å². The summed E-state index contributed by atoms with van der Waals surface area (Å²) in [5.74, 6) is 1.07. The number of hydrogen-bond donors (Lipinski definition) is 1. The molecule has 1 N–H and O–H groups in total. The maximum Gasteiger partial charge on any atom is 0.261 e. The Bertz CT molecular complexity index is 887. The normalized spacial score (nSPS) is 16.3. The van der Waals surface area contributed by atoms with Gasteiger partial charge in [0, 0.05) is 12.2 Å². The average Bonchev–Trinajstić information content (AvgIpc) is 3.22. The van der Waals surface area contributed by atoms with Crippen molar-refractivity contribution in [2.45, 2.75) is 45.1 Å². The van der Waals surface area contributed by atoms with Crippen molar-refractivity contribution in [3.63, 3.8) is 0 Å². The second-order valence-electron chi connectivity index (χ2n) is 8.50. The van der Waals surface area contributed by atoms with Crippen LogP contribution in [-0.2, 0) is 15.0 Å². The van der Waals surface area contributed by atoms with Crippen LogP contribution >= 0.6 is 0 Å². The Kier molecular flexibility index (Phi) is 6.65. The highest BCUT2D eigenvalue weighted by atomic mass is 16.5. The van der Waals surface area contributed by atoms with Gasteiger partial charge in [0.05, 0.1) is 7.11 Å². The van der Waals surface area contributed by atoms with Crippen LogP contribution in [-0.4, -0.2) is 43.0 Å². The lowest BCUT2D eigenvalue weighted by Crippen LogP contribution is -2.45. The highest BCUT2D eigenvalue weighted by Crippen LogP contribution is 2.31. The summed E-state index contributed by atoms with van der Waals surface area (Å²) in [5, 5.41) is 2.89. The van der Waals surface area contributed by atoms with Crippen LogP contribution < -0.4 is 14.8 Å². The fourth-order valence-electron chi connectivity index (χ4n) is 3.67. The van der Waals surface area contributed by atoms with Gasteiger partial charge in [0.1, 0.15) is 17.5 Å². The van der Waals surface area contributed by atoms with E-state index in [1.807, 2.05) is 24.3 Å². The number of anilines is 1.